The molecule has 82 valence electrons. The van der Waals surface area contributed by atoms with Crippen molar-refractivity contribution in [2.45, 2.75) is 6.42 Å². The molecule has 3 nitrogen and oxygen atoms in total. The number of benzene rings is 1. The van der Waals surface area contributed by atoms with E-state index in [1.165, 1.54) is 6.33 Å². The first-order valence-electron chi connectivity index (χ1n) is 5.01. The zero-order valence-electron chi connectivity index (χ0n) is 8.61. The smallest absolute Gasteiger partial charge is 0.258 e. The third-order valence-electron chi connectivity index (χ3n) is 2.25. The molecule has 0 saturated carbocycles. The molecule has 0 bridgehead atoms. The number of aromatic nitrogens is 2. The maximum atomic E-state index is 11.5. The van der Waals surface area contributed by atoms with Gasteiger partial charge in [0.1, 0.15) is 0 Å². The van der Waals surface area contributed by atoms with Crippen molar-refractivity contribution in [3.8, 4) is 0 Å². The lowest BCUT2D eigenvalue weighted by Gasteiger charge is -1.97. The van der Waals surface area contributed by atoms with Crippen molar-refractivity contribution in [1.82, 2.24) is 9.97 Å². The lowest BCUT2D eigenvalue weighted by molar-refractivity contribution is 1.17. The van der Waals surface area contributed by atoms with Gasteiger partial charge in [0.2, 0.25) is 0 Å². The molecule has 0 fully saturated rings. The minimum Gasteiger partial charge on any atom is -0.313 e. The fourth-order valence-electron chi connectivity index (χ4n) is 1.47. The standard InChI is InChI=1S/C12H11BrN2O/c13-6-2-1-3-9-4-5-11-10(7-9)12(16)15-8-14-11/h1,3-5,7-8H,2,6H2,(H,14,15,16). The van der Waals surface area contributed by atoms with E-state index in [9.17, 15) is 4.79 Å². The topological polar surface area (TPSA) is 45.8 Å². The van der Waals surface area contributed by atoms with Gasteiger partial charge >= 0.3 is 0 Å². The second-order valence-electron chi connectivity index (χ2n) is 3.39. The Kier molecular flexibility index (Phi) is 3.51. The van der Waals surface area contributed by atoms with Crippen molar-refractivity contribution in [2.24, 2.45) is 0 Å². The van der Waals surface area contributed by atoms with Crippen LogP contribution in [0.15, 0.2) is 35.4 Å². The first-order valence-corrected chi connectivity index (χ1v) is 6.13. The van der Waals surface area contributed by atoms with E-state index in [1.54, 1.807) is 0 Å². The zero-order chi connectivity index (χ0) is 11.4. The molecule has 0 aliphatic heterocycles. The first-order chi connectivity index (χ1) is 7.81. The van der Waals surface area contributed by atoms with E-state index in [0.717, 1.165) is 22.8 Å². The molecule has 2 aromatic rings. The lowest BCUT2D eigenvalue weighted by Crippen LogP contribution is -2.05. The van der Waals surface area contributed by atoms with Crippen LogP contribution in [0.2, 0.25) is 0 Å². The van der Waals surface area contributed by atoms with Crippen LogP contribution in [-0.4, -0.2) is 15.3 Å². The highest BCUT2D eigenvalue weighted by Crippen LogP contribution is 2.11. The van der Waals surface area contributed by atoms with Crippen molar-refractivity contribution in [3.05, 3.63) is 46.5 Å². The predicted molar refractivity (Wildman–Crippen MR) is 69.8 cm³/mol. The number of hydrogen-bond acceptors (Lipinski definition) is 2. The van der Waals surface area contributed by atoms with Crippen LogP contribution < -0.4 is 5.56 Å². The van der Waals surface area contributed by atoms with Crippen LogP contribution in [0.4, 0.5) is 0 Å². The van der Waals surface area contributed by atoms with E-state index in [-0.39, 0.29) is 5.56 Å². The van der Waals surface area contributed by atoms with Gasteiger partial charge < -0.3 is 4.98 Å². The molecular weight excluding hydrogens is 268 g/mol. The number of aromatic amines is 1. The number of rotatable bonds is 3. The van der Waals surface area contributed by atoms with E-state index >= 15 is 0 Å². The number of allylic oxidation sites excluding steroid dienone is 1. The summed E-state index contributed by atoms with van der Waals surface area (Å²) in [7, 11) is 0. The SMILES string of the molecule is O=c1[nH]cnc2ccc(C=CCCBr)cc12. The van der Waals surface area contributed by atoms with E-state index in [0.29, 0.717) is 5.39 Å². The Morgan fingerprint density at radius 1 is 1.44 bits per heavy atom. The number of H-pyrrole nitrogens is 1. The first kappa shape index (κ1) is 11.1. The Balaban J connectivity index is 2.43. The third-order valence-corrected chi connectivity index (χ3v) is 2.71. The number of fused-ring (bicyclic) bond motifs is 1. The lowest BCUT2D eigenvalue weighted by atomic mass is 10.1. The molecular formula is C12H11BrN2O. The quantitative estimate of drug-likeness (QED) is 0.878. The van der Waals surface area contributed by atoms with Gasteiger partial charge in [-0.05, 0) is 24.1 Å². The molecule has 16 heavy (non-hydrogen) atoms. The molecule has 0 amide bonds. The normalized spacial score (nSPS) is 11.3. The van der Waals surface area contributed by atoms with Crippen molar-refractivity contribution in [3.63, 3.8) is 0 Å². The summed E-state index contributed by atoms with van der Waals surface area (Å²) in [5, 5.41) is 1.57. The van der Waals surface area contributed by atoms with E-state index in [4.69, 9.17) is 0 Å². The Morgan fingerprint density at radius 2 is 2.31 bits per heavy atom. The molecule has 0 atom stereocenters. The van der Waals surface area contributed by atoms with Gasteiger partial charge in [-0.2, -0.15) is 0 Å². The number of nitrogens with one attached hydrogen (secondary N) is 1. The molecule has 1 aromatic carbocycles. The van der Waals surface area contributed by atoms with Gasteiger partial charge in [0, 0.05) is 5.33 Å². The highest BCUT2D eigenvalue weighted by Gasteiger charge is 1.98. The van der Waals surface area contributed by atoms with Gasteiger partial charge in [0.15, 0.2) is 0 Å². The van der Waals surface area contributed by atoms with Crippen LogP contribution in [0.3, 0.4) is 0 Å². The van der Waals surface area contributed by atoms with Gasteiger partial charge in [-0.25, -0.2) is 4.98 Å². The fraction of sp³-hybridized carbons (Fsp3) is 0.167. The zero-order valence-corrected chi connectivity index (χ0v) is 10.2. The van der Waals surface area contributed by atoms with Crippen molar-refractivity contribution in [1.29, 1.82) is 0 Å². The van der Waals surface area contributed by atoms with Crippen molar-refractivity contribution >= 4 is 32.9 Å². The molecule has 1 aromatic heterocycles. The molecule has 4 heteroatoms. The highest BCUT2D eigenvalue weighted by molar-refractivity contribution is 9.09. The van der Waals surface area contributed by atoms with Gasteiger partial charge in [-0.3, -0.25) is 4.79 Å². The molecule has 0 spiro atoms. The monoisotopic (exact) mass is 278 g/mol. The van der Waals surface area contributed by atoms with Crippen LogP contribution in [-0.2, 0) is 0 Å². The van der Waals surface area contributed by atoms with Gasteiger partial charge in [0.25, 0.3) is 5.56 Å². The fourth-order valence-corrected chi connectivity index (χ4v) is 1.74. The molecule has 0 aliphatic rings. The Bertz CT molecular complexity index is 574. The summed E-state index contributed by atoms with van der Waals surface area (Å²) in [4.78, 5) is 18.2. The summed E-state index contributed by atoms with van der Waals surface area (Å²) >= 11 is 3.36. The minimum atomic E-state index is -0.0965. The number of alkyl halides is 1. The molecule has 0 aliphatic carbocycles. The third kappa shape index (κ3) is 2.39. The second kappa shape index (κ2) is 5.07. The summed E-state index contributed by atoms with van der Waals surface area (Å²) in [5.74, 6) is 0. The molecule has 1 N–H and O–H groups in total. The second-order valence-corrected chi connectivity index (χ2v) is 4.18. The van der Waals surface area contributed by atoms with Crippen LogP contribution in [0.1, 0.15) is 12.0 Å². The largest absolute Gasteiger partial charge is 0.313 e. The average molecular weight is 279 g/mol. The van der Waals surface area contributed by atoms with Crippen LogP contribution >= 0.6 is 15.9 Å². The summed E-state index contributed by atoms with van der Waals surface area (Å²) < 4.78 is 0. The van der Waals surface area contributed by atoms with Gasteiger partial charge in [0.05, 0.1) is 17.2 Å². The van der Waals surface area contributed by atoms with Crippen LogP contribution in [0, 0.1) is 0 Å². The average Bonchev–Trinajstić information content (AvgIpc) is 2.30. The van der Waals surface area contributed by atoms with E-state index in [1.807, 2.05) is 24.3 Å². The minimum absolute atomic E-state index is 0.0965. The molecule has 0 saturated heterocycles. The van der Waals surface area contributed by atoms with Gasteiger partial charge in [-0.15, -0.1) is 0 Å². The van der Waals surface area contributed by atoms with Crippen LogP contribution in [0.25, 0.3) is 17.0 Å². The number of hydrogen-bond donors (Lipinski definition) is 1. The summed E-state index contributed by atoms with van der Waals surface area (Å²) in [6.07, 6.45) is 6.47. The maximum Gasteiger partial charge on any atom is 0.258 e. The van der Waals surface area contributed by atoms with E-state index < -0.39 is 0 Å². The number of halogens is 1. The van der Waals surface area contributed by atoms with Crippen molar-refractivity contribution in [2.75, 3.05) is 5.33 Å². The Morgan fingerprint density at radius 3 is 3.12 bits per heavy atom. The molecule has 0 radical (unpaired) electrons. The Hall–Kier alpha value is -1.42. The van der Waals surface area contributed by atoms with Crippen LogP contribution in [0.5, 0.6) is 0 Å². The molecule has 0 unspecified atom stereocenters. The predicted octanol–water partition coefficient (Wildman–Crippen LogP) is 2.72. The van der Waals surface area contributed by atoms with E-state index in [2.05, 4.69) is 32.0 Å². The molecule has 2 rings (SSSR count). The number of nitrogens with zero attached hydrogens (tertiary/aromatic N) is 1. The highest BCUT2D eigenvalue weighted by atomic mass is 79.9. The summed E-state index contributed by atoms with van der Waals surface area (Å²) in [6.45, 7) is 0. The molecule has 1 heterocycles. The summed E-state index contributed by atoms with van der Waals surface area (Å²) in [5.41, 5.74) is 1.65. The maximum absolute atomic E-state index is 11.5. The van der Waals surface area contributed by atoms with Gasteiger partial charge in [-0.1, -0.05) is 34.1 Å². The Labute approximate surface area is 101 Å². The summed E-state index contributed by atoms with van der Waals surface area (Å²) in [6, 6.07) is 5.67. The van der Waals surface area contributed by atoms with Crippen molar-refractivity contribution < 1.29 is 0 Å².